The van der Waals surface area contributed by atoms with Gasteiger partial charge in [-0.05, 0) is 64.8 Å². The van der Waals surface area contributed by atoms with Crippen molar-refractivity contribution in [3.05, 3.63) is 216 Å². The Morgan fingerprint density at radius 1 is 0.588 bits per heavy atom. The van der Waals surface area contributed by atoms with Crippen LogP contribution in [0.15, 0.2) is 188 Å². The summed E-state index contributed by atoms with van der Waals surface area (Å²) in [5, 5.41) is 12.0. The highest BCUT2D eigenvalue weighted by molar-refractivity contribution is 5.94. The number of benzene rings is 6. The van der Waals surface area contributed by atoms with Gasteiger partial charge in [0, 0.05) is 18.9 Å². The van der Waals surface area contributed by atoms with Crippen molar-refractivity contribution in [3.63, 3.8) is 0 Å². The lowest BCUT2D eigenvalue weighted by Gasteiger charge is -2.37. The van der Waals surface area contributed by atoms with Gasteiger partial charge >= 0.3 is 12.4 Å². The highest BCUT2D eigenvalue weighted by Gasteiger charge is 2.38. The Bertz CT molecular complexity index is 2510. The summed E-state index contributed by atoms with van der Waals surface area (Å²) >= 11 is 0. The number of amides is 4. The molecule has 4 N–H and O–H groups in total. The Hall–Kier alpha value is -7.99. The second-order valence-electron chi connectivity index (χ2n) is 17.0. The predicted octanol–water partition coefficient (Wildman–Crippen LogP) is 8.35. The molecular weight excluding hydrogens is 857 g/mol. The molecule has 1 heterocycles. The summed E-state index contributed by atoms with van der Waals surface area (Å²) in [4.78, 5) is 69.8. The monoisotopic (exact) mass is 912 g/mol. The standard InChI is InChI=1S/C56H56N4O8/c1-39(2)36-46(59-55(65)66-38-41-22-10-4-11-23-41)53(64)58-47(37-40-20-8-3-9-21-40)52(63)57-45(32-34-48(61)54-67-49-30-18-19-31-50(49)68-54)33-35-51(62)60-56(42-24-12-5-13-25-42,43-26-14-6-15-27-43)44-28-16-7-17-29-44/h3-32,34,39,45-47,54H,33,35-38H2,1-2H3,(H,57,63)(H,58,64)(H,59,65)(H,60,62)/b34-32+/t45-,46+,47+/m1/s1. The van der Waals surface area contributed by atoms with Crippen molar-refractivity contribution in [3.8, 4) is 11.5 Å². The number of ketones is 1. The van der Waals surface area contributed by atoms with Crippen LogP contribution in [0.2, 0.25) is 0 Å². The molecule has 12 nitrogen and oxygen atoms in total. The van der Waals surface area contributed by atoms with Gasteiger partial charge in [-0.15, -0.1) is 0 Å². The van der Waals surface area contributed by atoms with Crippen molar-refractivity contribution in [2.24, 2.45) is 5.92 Å². The van der Waals surface area contributed by atoms with E-state index in [1.165, 1.54) is 12.2 Å². The molecule has 4 amide bonds. The van der Waals surface area contributed by atoms with Crippen molar-refractivity contribution in [2.75, 3.05) is 0 Å². The molecular formula is C56H56N4O8. The molecule has 0 saturated heterocycles. The average Bonchev–Trinajstić information content (AvgIpc) is 3.81. The van der Waals surface area contributed by atoms with Crippen molar-refractivity contribution in [1.29, 1.82) is 0 Å². The summed E-state index contributed by atoms with van der Waals surface area (Å²) < 4.78 is 17.0. The minimum atomic E-state index is -1.25. The molecule has 6 aromatic rings. The maximum atomic E-state index is 14.6. The Morgan fingerprint density at radius 3 is 1.57 bits per heavy atom. The van der Waals surface area contributed by atoms with Gasteiger partial charge in [-0.25, -0.2) is 4.79 Å². The topological polar surface area (TPSA) is 161 Å². The molecule has 68 heavy (non-hydrogen) atoms. The highest BCUT2D eigenvalue weighted by Crippen LogP contribution is 2.37. The van der Waals surface area contributed by atoms with Crippen molar-refractivity contribution >= 4 is 29.6 Å². The normalized spacial score (nSPS) is 13.5. The van der Waals surface area contributed by atoms with Gasteiger partial charge in [0.05, 0.1) is 0 Å². The molecule has 7 rings (SSSR count). The van der Waals surface area contributed by atoms with Crippen molar-refractivity contribution < 1.29 is 38.2 Å². The summed E-state index contributed by atoms with van der Waals surface area (Å²) in [6.07, 6.45) is 1.09. The van der Waals surface area contributed by atoms with E-state index < -0.39 is 53.6 Å². The fourth-order valence-corrected chi connectivity index (χ4v) is 8.09. The fraction of sp³-hybridized carbons (Fsp3) is 0.232. The van der Waals surface area contributed by atoms with Crippen LogP contribution in [0.25, 0.3) is 0 Å². The van der Waals surface area contributed by atoms with Crippen LogP contribution in [0.1, 0.15) is 60.9 Å². The van der Waals surface area contributed by atoms with Gasteiger partial charge in [-0.2, -0.15) is 0 Å². The van der Waals surface area contributed by atoms with Gasteiger partial charge in [0.25, 0.3) is 0 Å². The van der Waals surface area contributed by atoms with E-state index in [4.69, 9.17) is 14.2 Å². The number of carbonyl (C=O) groups excluding carboxylic acids is 5. The first kappa shape index (κ1) is 48.0. The Kier molecular flexibility index (Phi) is 16.5. The van der Waals surface area contributed by atoms with Crippen LogP contribution in [0.3, 0.4) is 0 Å². The summed E-state index contributed by atoms with van der Waals surface area (Å²) in [6, 6.07) is 51.4. The Morgan fingerprint density at radius 2 is 1.06 bits per heavy atom. The minimum Gasteiger partial charge on any atom is -0.445 e. The third kappa shape index (κ3) is 12.9. The molecule has 6 aromatic carbocycles. The number of nitrogens with one attached hydrogen (secondary N) is 4. The van der Waals surface area contributed by atoms with E-state index in [2.05, 4.69) is 21.3 Å². The van der Waals surface area contributed by atoms with E-state index in [1.54, 1.807) is 24.3 Å². The molecule has 348 valence electrons. The number of carbonyl (C=O) groups is 5. The first-order chi connectivity index (χ1) is 33.1. The zero-order chi connectivity index (χ0) is 47.7. The van der Waals surface area contributed by atoms with Crippen LogP contribution in [-0.2, 0) is 42.5 Å². The lowest BCUT2D eigenvalue weighted by molar-refractivity contribution is -0.130. The summed E-state index contributed by atoms with van der Waals surface area (Å²) in [6.45, 7) is 3.85. The van der Waals surface area contributed by atoms with E-state index in [0.29, 0.717) is 11.5 Å². The van der Waals surface area contributed by atoms with Crippen LogP contribution in [-0.4, -0.2) is 54.0 Å². The van der Waals surface area contributed by atoms with Gasteiger partial charge in [-0.3, -0.25) is 19.2 Å². The van der Waals surface area contributed by atoms with E-state index in [-0.39, 0.29) is 44.1 Å². The third-order valence-electron chi connectivity index (χ3n) is 11.4. The molecule has 12 heteroatoms. The van der Waals surface area contributed by atoms with Crippen LogP contribution >= 0.6 is 0 Å². The van der Waals surface area contributed by atoms with E-state index in [0.717, 1.165) is 27.8 Å². The minimum absolute atomic E-state index is 0.00877. The van der Waals surface area contributed by atoms with Crippen LogP contribution in [0.4, 0.5) is 4.79 Å². The summed E-state index contributed by atoms with van der Waals surface area (Å²) in [7, 11) is 0. The Balaban J connectivity index is 1.13. The molecule has 0 radical (unpaired) electrons. The van der Waals surface area contributed by atoms with Crippen LogP contribution in [0.5, 0.6) is 11.5 Å². The molecule has 1 aliphatic heterocycles. The molecule has 3 atom stereocenters. The number of hydrogen-bond acceptors (Lipinski definition) is 8. The molecule has 0 spiro atoms. The number of fused-ring (bicyclic) bond motifs is 1. The van der Waals surface area contributed by atoms with Crippen molar-refractivity contribution in [2.45, 2.75) is 76.1 Å². The lowest BCUT2D eigenvalue weighted by Crippen LogP contribution is -2.55. The van der Waals surface area contributed by atoms with E-state index in [1.807, 2.05) is 166 Å². The number of alkyl carbamates (subject to hydrolysis) is 1. The van der Waals surface area contributed by atoms with E-state index in [9.17, 15) is 24.0 Å². The molecule has 0 unspecified atom stereocenters. The first-order valence-corrected chi connectivity index (χ1v) is 22.8. The molecule has 0 aromatic heterocycles. The zero-order valence-electron chi connectivity index (χ0n) is 38.1. The van der Waals surface area contributed by atoms with Gasteiger partial charge in [0.15, 0.2) is 11.5 Å². The highest BCUT2D eigenvalue weighted by atomic mass is 16.7. The number of ether oxygens (including phenoxy) is 3. The van der Waals surface area contributed by atoms with Crippen LogP contribution in [0, 0.1) is 5.92 Å². The van der Waals surface area contributed by atoms with Gasteiger partial charge in [0.1, 0.15) is 24.2 Å². The predicted molar refractivity (Wildman–Crippen MR) is 259 cm³/mol. The Labute approximate surface area is 397 Å². The largest absolute Gasteiger partial charge is 0.445 e. The van der Waals surface area contributed by atoms with Gasteiger partial charge in [0.2, 0.25) is 23.5 Å². The first-order valence-electron chi connectivity index (χ1n) is 22.8. The smallest absolute Gasteiger partial charge is 0.408 e. The van der Waals surface area contributed by atoms with Gasteiger partial charge < -0.3 is 35.5 Å². The zero-order valence-corrected chi connectivity index (χ0v) is 38.1. The number of para-hydroxylation sites is 2. The molecule has 0 bridgehead atoms. The summed E-state index contributed by atoms with van der Waals surface area (Å²) in [5.74, 6) is -1.16. The van der Waals surface area contributed by atoms with Crippen LogP contribution < -0.4 is 30.7 Å². The second kappa shape index (κ2) is 23.5. The maximum absolute atomic E-state index is 14.6. The quantitative estimate of drug-likeness (QED) is 0.0414. The van der Waals surface area contributed by atoms with Crippen molar-refractivity contribution in [1.82, 2.24) is 21.3 Å². The average molecular weight is 913 g/mol. The molecule has 0 saturated carbocycles. The van der Waals surface area contributed by atoms with Gasteiger partial charge in [-0.1, -0.05) is 184 Å². The molecule has 1 aliphatic rings. The fourth-order valence-electron chi connectivity index (χ4n) is 8.09. The number of rotatable bonds is 21. The maximum Gasteiger partial charge on any atom is 0.408 e. The number of hydrogen-bond donors (Lipinski definition) is 4. The molecule has 0 aliphatic carbocycles. The SMILES string of the molecule is CC(C)C[C@H](NC(=O)OCc1ccccc1)C(=O)N[C@@H](Cc1ccccc1)C(=O)N[C@H](/C=C/C(=O)C1Oc2ccccc2O1)CCC(=O)NC(c1ccccc1)(c1ccccc1)c1ccccc1. The van der Waals surface area contributed by atoms with E-state index >= 15 is 0 Å². The lowest BCUT2D eigenvalue weighted by atomic mass is 9.77. The third-order valence-corrected chi connectivity index (χ3v) is 11.4. The molecule has 0 fully saturated rings. The summed E-state index contributed by atoms with van der Waals surface area (Å²) in [5.41, 5.74) is 2.98. The second-order valence-corrected chi connectivity index (χ2v) is 17.0.